The van der Waals surface area contributed by atoms with Gasteiger partial charge in [-0.3, -0.25) is 4.79 Å². The lowest BCUT2D eigenvalue weighted by atomic mass is 9.82. The molecule has 2 saturated heterocycles. The van der Waals surface area contributed by atoms with Crippen LogP contribution in [-0.2, 0) is 10.0 Å². The predicted molar refractivity (Wildman–Crippen MR) is 114 cm³/mol. The van der Waals surface area contributed by atoms with Crippen molar-refractivity contribution in [1.29, 1.82) is 0 Å². The molecule has 3 atom stereocenters. The van der Waals surface area contributed by atoms with Crippen LogP contribution in [0.4, 0.5) is 4.39 Å². The number of likely N-dealkylation sites (tertiary alicyclic amines) is 1. The van der Waals surface area contributed by atoms with Gasteiger partial charge in [-0.1, -0.05) is 30.3 Å². The molecule has 2 aromatic carbocycles. The Hall–Kier alpha value is -2.25. The van der Waals surface area contributed by atoms with Gasteiger partial charge in [0.1, 0.15) is 5.82 Å². The van der Waals surface area contributed by atoms with Gasteiger partial charge in [-0.2, -0.15) is 0 Å². The first-order valence-electron chi connectivity index (χ1n) is 10.4. The maximum atomic E-state index is 13.5. The maximum absolute atomic E-state index is 13.5. The highest BCUT2D eigenvalue weighted by Gasteiger charge is 2.49. The number of carbonyl (C=O) groups excluding carboxylic acids is 1. The Kier molecular flexibility index (Phi) is 5.68. The molecular weight excluding hydrogens is 403 g/mol. The van der Waals surface area contributed by atoms with E-state index in [0.717, 1.165) is 5.56 Å². The molecule has 2 fully saturated rings. The second kappa shape index (κ2) is 8.12. The fraction of sp³-hybridized carbons (Fsp3) is 0.435. The summed E-state index contributed by atoms with van der Waals surface area (Å²) < 4.78 is 40.7. The smallest absolute Gasteiger partial charge is 0.254 e. The maximum Gasteiger partial charge on any atom is 0.254 e. The van der Waals surface area contributed by atoms with Crippen LogP contribution in [0.2, 0.25) is 0 Å². The van der Waals surface area contributed by atoms with Crippen LogP contribution >= 0.6 is 0 Å². The van der Waals surface area contributed by atoms with E-state index in [0.29, 0.717) is 31.6 Å². The number of piperidine rings is 1. The topological polar surface area (TPSA) is 57.7 Å². The van der Waals surface area contributed by atoms with E-state index in [2.05, 4.69) is 0 Å². The molecule has 0 N–H and O–H groups in total. The Labute approximate surface area is 177 Å². The number of benzene rings is 2. The van der Waals surface area contributed by atoms with Gasteiger partial charge >= 0.3 is 0 Å². The van der Waals surface area contributed by atoms with Gasteiger partial charge in [0.05, 0.1) is 5.25 Å². The Morgan fingerprint density at radius 3 is 2.33 bits per heavy atom. The summed E-state index contributed by atoms with van der Waals surface area (Å²) in [6.45, 7) is 4.68. The van der Waals surface area contributed by atoms with Crippen molar-refractivity contribution in [3.63, 3.8) is 0 Å². The van der Waals surface area contributed by atoms with Crippen molar-refractivity contribution >= 4 is 15.9 Å². The summed E-state index contributed by atoms with van der Waals surface area (Å²) in [6, 6.07) is 15.5. The largest absolute Gasteiger partial charge is 0.335 e. The van der Waals surface area contributed by atoms with Crippen molar-refractivity contribution in [1.82, 2.24) is 9.21 Å². The van der Waals surface area contributed by atoms with Crippen LogP contribution in [0, 0.1) is 11.7 Å². The van der Waals surface area contributed by atoms with Gasteiger partial charge in [0.2, 0.25) is 10.0 Å². The van der Waals surface area contributed by atoms with Gasteiger partial charge in [0, 0.05) is 43.1 Å². The van der Waals surface area contributed by atoms with Gasteiger partial charge in [-0.25, -0.2) is 17.1 Å². The number of hydrogen-bond donors (Lipinski definition) is 0. The Balaban J connectivity index is 1.67. The lowest BCUT2D eigenvalue weighted by Gasteiger charge is -2.39. The number of amides is 1. The Bertz CT molecular complexity index is 1010. The minimum atomic E-state index is -3.37. The van der Waals surface area contributed by atoms with Crippen LogP contribution < -0.4 is 0 Å². The lowest BCUT2D eigenvalue weighted by Crippen LogP contribution is -2.51. The quantitative estimate of drug-likeness (QED) is 0.746. The fourth-order valence-electron chi connectivity index (χ4n) is 4.78. The van der Waals surface area contributed by atoms with Gasteiger partial charge in [-0.05, 0) is 50.1 Å². The second-order valence-electron chi connectivity index (χ2n) is 8.45. The van der Waals surface area contributed by atoms with E-state index in [1.807, 2.05) is 23.1 Å². The number of fused-ring (bicyclic) bond motifs is 1. The van der Waals surface area contributed by atoms with E-state index in [1.54, 1.807) is 42.4 Å². The average molecular weight is 431 g/mol. The molecule has 30 heavy (non-hydrogen) atoms. The molecule has 0 saturated carbocycles. The number of sulfonamides is 1. The van der Waals surface area contributed by atoms with Crippen molar-refractivity contribution < 1.29 is 17.6 Å². The summed E-state index contributed by atoms with van der Waals surface area (Å²) in [6.07, 6.45) is 0.604. The highest BCUT2D eigenvalue weighted by Crippen LogP contribution is 2.43. The minimum absolute atomic E-state index is 0.0228. The first-order chi connectivity index (χ1) is 14.3. The second-order valence-corrected chi connectivity index (χ2v) is 10.9. The first-order valence-corrected chi connectivity index (χ1v) is 11.9. The lowest BCUT2D eigenvalue weighted by molar-refractivity contribution is 0.0673. The molecule has 4 rings (SSSR count). The number of halogens is 1. The zero-order valence-corrected chi connectivity index (χ0v) is 18.1. The molecule has 2 heterocycles. The third-order valence-electron chi connectivity index (χ3n) is 6.43. The summed E-state index contributed by atoms with van der Waals surface area (Å²) in [7, 11) is -3.37. The molecule has 2 aliphatic rings. The van der Waals surface area contributed by atoms with E-state index in [-0.39, 0.29) is 29.6 Å². The van der Waals surface area contributed by atoms with Crippen LogP contribution in [0.3, 0.4) is 0 Å². The standard InChI is InChI=1S/C23H27FN2O3S/c1-16(2)30(28,29)25-13-12-22-21(14-25)20(17-8-10-19(24)11-9-17)15-26(22)23(27)18-6-4-3-5-7-18/h3-11,16,20-22H,12-15H2,1-2H3/t20-,21-,22-/m1/s1. The van der Waals surface area contributed by atoms with E-state index in [1.165, 1.54) is 12.1 Å². The zero-order chi connectivity index (χ0) is 21.5. The first kappa shape index (κ1) is 21.0. The van der Waals surface area contributed by atoms with E-state index >= 15 is 0 Å². The Morgan fingerprint density at radius 2 is 1.70 bits per heavy atom. The zero-order valence-electron chi connectivity index (χ0n) is 17.2. The predicted octanol–water partition coefficient (Wildman–Crippen LogP) is 3.49. The minimum Gasteiger partial charge on any atom is -0.335 e. The number of rotatable bonds is 4. The summed E-state index contributed by atoms with van der Waals surface area (Å²) in [5.41, 5.74) is 1.58. The number of nitrogens with zero attached hydrogens (tertiary/aromatic N) is 2. The summed E-state index contributed by atoms with van der Waals surface area (Å²) >= 11 is 0. The molecule has 7 heteroatoms. The summed E-state index contributed by atoms with van der Waals surface area (Å²) in [5.74, 6) is -0.396. The molecular formula is C23H27FN2O3S. The molecule has 2 aromatic rings. The molecule has 0 aliphatic carbocycles. The van der Waals surface area contributed by atoms with Gasteiger partial charge in [-0.15, -0.1) is 0 Å². The van der Waals surface area contributed by atoms with Crippen molar-refractivity contribution in [2.75, 3.05) is 19.6 Å². The van der Waals surface area contributed by atoms with Crippen LogP contribution in [0.5, 0.6) is 0 Å². The molecule has 2 aliphatic heterocycles. The molecule has 0 bridgehead atoms. The Morgan fingerprint density at radius 1 is 1.03 bits per heavy atom. The van der Waals surface area contributed by atoms with E-state index in [9.17, 15) is 17.6 Å². The highest BCUT2D eigenvalue weighted by atomic mass is 32.2. The molecule has 0 unspecified atom stereocenters. The van der Waals surface area contributed by atoms with Crippen molar-refractivity contribution in [3.8, 4) is 0 Å². The normalized spacial score (nSPS) is 24.8. The van der Waals surface area contributed by atoms with Crippen LogP contribution in [-0.4, -0.2) is 54.5 Å². The molecule has 0 radical (unpaired) electrons. The molecule has 0 aromatic heterocycles. The fourth-order valence-corrected chi connectivity index (χ4v) is 6.11. The van der Waals surface area contributed by atoms with Crippen LogP contribution in [0.1, 0.15) is 42.1 Å². The van der Waals surface area contributed by atoms with E-state index in [4.69, 9.17) is 0 Å². The van der Waals surface area contributed by atoms with Gasteiger partial charge < -0.3 is 4.90 Å². The SMILES string of the molecule is CC(C)S(=O)(=O)N1CC[C@@H]2[C@H](C1)[C@@H](c1ccc(F)cc1)CN2C(=O)c1ccccc1. The molecule has 160 valence electrons. The van der Waals surface area contributed by atoms with Gasteiger partial charge in [0.25, 0.3) is 5.91 Å². The van der Waals surface area contributed by atoms with Crippen molar-refractivity contribution in [2.24, 2.45) is 5.92 Å². The molecule has 0 spiro atoms. The third kappa shape index (κ3) is 3.76. The van der Waals surface area contributed by atoms with Gasteiger partial charge in [0.15, 0.2) is 0 Å². The third-order valence-corrected chi connectivity index (χ3v) is 8.67. The summed E-state index contributed by atoms with van der Waals surface area (Å²) in [4.78, 5) is 15.1. The number of carbonyl (C=O) groups is 1. The highest BCUT2D eigenvalue weighted by molar-refractivity contribution is 7.89. The summed E-state index contributed by atoms with van der Waals surface area (Å²) in [5, 5.41) is -0.484. The number of hydrogen-bond acceptors (Lipinski definition) is 3. The molecule has 5 nitrogen and oxygen atoms in total. The average Bonchev–Trinajstić information content (AvgIpc) is 3.13. The van der Waals surface area contributed by atoms with Crippen molar-refractivity contribution in [3.05, 3.63) is 71.5 Å². The van der Waals surface area contributed by atoms with Crippen LogP contribution in [0.15, 0.2) is 54.6 Å². The van der Waals surface area contributed by atoms with Crippen LogP contribution in [0.25, 0.3) is 0 Å². The monoisotopic (exact) mass is 430 g/mol. The van der Waals surface area contributed by atoms with Crippen molar-refractivity contribution in [2.45, 2.75) is 37.5 Å². The molecule has 1 amide bonds. The van der Waals surface area contributed by atoms with E-state index < -0.39 is 15.3 Å².